The highest BCUT2D eigenvalue weighted by atomic mass is 35.5. The van der Waals surface area contributed by atoms with Crippen molar-refractivity contribution in [3.63, 3.8) is 0 Å². The Morgan fingerprint density at radius 1 is 1.04 bits per heavy atom. The number of methoxy groups -OCH3 is 2. The third-order valence-corrected chi connectivity index (χ3v) is 11.1. The number of rotatable bonds is 14. The molecule has 3 aliphatic rings. The summed E-state index contributed by atoms with van der Waals surface area (Å²) < 4.78 is 54.8. The topological polar surface area (TPSA) is 147 Å². The first-order valence-corrected chi connectivity index (χ1v) is 18.6. The normalized spacial score (nSPS) is 18.7. The average molecular weight is 779 g/mol. The molecule has 1 amide bonds. The molecule has 1 aliphatic heterocycles. The second kappa shape index (κ2) is 15.7. The summed E-state index contributed by atoms with van der Waals surface area (Å²) in [5.41, 5.74) is 3.67. The van der Waals surface area contributed by atoms with Gasteiger partial charge in [0, 0.05) is 60.5 Å². The van der Waals surface area contributed by atoms with E-state index in [-0.39, 0.29) is 35.8 Å². The number of alkyl halides is 3. The van der Waals surface area contributed by atoms with Crippen molar-refractivity contribution >= 4 is 29.3 Å². The van der Waals surface area contributed by atoms with Gasteiger partial charge in [0.25, 0.3) is 0 Å². The summed E-state index contributed by atoms with van der Waals surface area (Å²) >= 11 is 7.13. The molecule has 2 aromatic carbocycles. The number of hydrogen-bond donors (Lipinski definition) is 5. The lowest BCUT2D eigenvalue weighted by atomic mass is 9.83. The maximum Gasteiger partial charge on any atom is 0.419 e. The molecule has 3 heterocycles. The van der Waals surface area contributed by atoms with Crippen LogP contribution in [0.1, 0.15) is 72.4 Å². The lowest BCUT2D eigenvalue weighted by molar-refractivity contribution is -0.141. The summed E-state index contributed by atoms with van der Waals surface area (Å²) in [5, 5.41) is 22.3. The molecule has 5 N–H and O–H groups in total. The van der Waals surface area contributed by atoms with Crippen LogP contribution in [-0.2, 0) is 35.3 Å². The first-order chi connectivity index (χ1) is 26.4. The van der Waals surface area contributed by atoms with E-state index in [2.05, 4.69) is 31.2 Å². The highest BCUT2D eigenvalue weighted by Gasteiger charge is 2.50. The summed E-state index contributed by atoms with van der Waals surface area (Å²) in [6.07, 6.45) is 1.04. The van der Waals surface area contributed by atoms with E-state index < -0.39 is 29.3 Å². The van der Waals surface area contributed by atoms with Crippen LogP contribution in [0.4, 0.5) is 19.0 Å². The van der Waals surface area contributed by atoms with E-state index >= 15 is 0 Å². The van der Waals surface area contributed by atoms with Crippen LogP contribution in [0.15, 0.2) is 54.7 Å². The third-order valence-electron chi connectivity index (χ3n) is 10.7. The Morgan fingerprint density at radius 2 is 1.85 bits per heavy atom. The zero-order valence-corrected chi connectivity index (χ0v) is 31.2. The average Bonchev–Trinajstić information content (AvgIpc) is 3.86. The van der Waals surface area contributed by atoms with Gasteiger partial charge in [0.15, 0.2) is 0 Å². The molecular formula is C40H42ClF3N6O5. The van der Waals surface area contributed by atoms with E-state index in [9.17, 15) is 27.9 Å². The number of hydrogen-bond acceptors (Lipinski definition) is 9. The molecule has 290 valence electrons. The van der Waals surface area contributed by atoms with Crippen molar-refractivity contribution < 1.29 is 37.3 Å². The van der Waals surface area contributed by atoms with Crippen molar-refractivity contribution in [2.75, 3.05) is 26.1 Å². The second-order valence-corrected chi connectivity index (χ2v) is 14.6. The number of carboxylic acid groups (broad SMARTS) is 1. The van der Waals surface area contributed by atoms with Gasteiger partial charge in [0.2, 0.25) is 11.8 Å². The number of benzene rings is 2. The molecule has 2 atom stereocenters. The lowest BCUT2D eigenvalue weighted by Gasteiger charge is -2.30. The summed E-state index contributed by atoms with van der Waals surface area (Å²) in [6.45, 7) is 1.05. The number of aliphatic carboxylic acids is 1. The van der Waals surface area contributed by atoms with E-state index in [1.165, 1.54) is 7.11 Å². The number of carboxylic acids is 1. The molecule has 7 rings (SSSR count). The minimum Gasteiger partial charge on any atom is -0.496 e. The van der Waals surface area contributed by atoms with Crippen LogP contribution in [0.3, 0.4) is 0 Å². The van der Waals surface area contributed by atoms with Gasteiger partial charge in [-0.05, 0) is 73.4 Å². The first-order valence-electron chi connectivity index (χ1n) is 18.2. The molecule has 0 unspecified atom stereocenters. The molecule has 0 radical (unpaired) electrons. The van der Waals surface area contributed by atoms with Crippen molar-refractivity contribution in [1.82, 2.24) is 25.9 Å². The fourth-order valence-corrected chi connectivity index (χ4v) is 7.86. The number of aromatic nitrogens is 2. The largest absolute Gasteiger partial charge is 0.496 e. The minimum atomic E-state index is -4.74. The predicted octanol–water partition coefficient (Wildman–Crippen LogP) is 7.06. The quantitative estimate of drug-likeness (QED) is 0.0902. The maximum atomic E-state index is 14.6. The summed E-state index contributed by atoms with van der Waals surface area (Å²) in [4.78, 5) is 32.1. The molecular weight excluding hydrogens is 737 g/mol. The number of carbonyl (C=O) groups excluding carboxylic acids is 1. The van der Waals surface area contributed by atoms with Crippen LogP contribution in [-0.4, -0.2) is 59.3 Å². The Balaban J connectivity index is 1.15. The van der Waals surface area contributed by atoms with Gasteiger partial charge in [-0.2, -0.15) is 18.2 Å². The molecule has 2 aromatic heterocycles. The third kappa shape index (κ3) is 8.07. The van der Waals surface area contributed by atoms with Gasteiger partial charge in [-0.1, -0.05) is 41.9 Å². The van der Waals surface area contributed by atoms with Gasteiger partial charge in [0.1, 0.15) is 17.1 Å². The Hall–Kier alpha value is -4.92. The molecule has 1 saturated carbocycles. The molecule has 2 aliphatic carbocycles. The van der Waals surface area contributed by atoms with Crippen molar-refractivity contribution in [2.45, 2.75) is 81.8 Å². The predicted molar refractivity (Wildman–Crippen MR) is 201 cm³/mol. The summed E-state index contributed by atoms with van der Waals surface area (Å²) in [5.74, 6) is -0.692. The van der Waals surface area contributed by atoms with Crippen LogP contribution >= 0.6 is 11.6 Å². The van der Waals surface area contributed by atoms with Gasteiger partial charge < -0.3 is 30.5 Å². The van der Waals surface area contributed by atoms with Crippen LogP contribution in [0.25, 0.3) is 22.4 Å². The van der Waals surface area contributed by atoms with Crippen LogP contribution in [0.2, 0.25) is 5.02 Å². The Kier molecular flexibility index (Phi) is 10.9. The lowest BCUT2D eigenvalue weighted by Crippen LogP contribution is -2.38. The van der Waals surface area contributed by atoms with Gasteiger partial charge in [0.05, 0.1) is 36.5 Å². The van der Waals surface area contributed by atoms with Crippen LogP contribution < -0.4 is 30.7 Å². The standard InChI is InChI=1S/C40H42ClF3N6O5/c1-54-32-18-22(9-10-23(32)19-45-21-25-11-12-33(51)48-25)35-34(41)29(13-16-46-35)27-5-3-7-28-26(27)6-4-8-31(28)49-36-30(40(42,43)44)17-24(37(50-36)55-2)20-47-39(14-15-39)38(52)53/h3,5,7,9-10,13,16-18,25,31,45,47H,4,6,8,11-12,14-15,19-21H2,1-2H3,(H,48,51)(H,49,50)(H,52,53)/t25-,31+/m0/s1. The second-order valence-electron chi connectivity index (χ2n) is 14.2. The fraction of sp³-hybridized carbons (Fsp3) is 0.400. The van der Waals surface area contributed by atoms with Gasteiger partial charge >= 0.3 is 12.1 Å². The number of fused-ring (bicyclic) bond motifs is 1. The maximum absolute atomic E-state index is 14.6. The fourth-order valence-electron chi connectivity index (χ4n) is 7.54. The number of pyridine rings is 2. The van der Waals surface area contributed by atoms with E-state index in [0.717, 1.165) is 45.9 Å². The Labute approximate surface area is 321 Å². The molecule has 15 heteroatoms. The number of nitrogens with one attached hydrogen (secondary N) is 4. The molecule has 55 heavy (non-hydrogen) atoms. The van der Waals surface area contributed by atoms with E-state index in [4.69, 9.17) is 21.1 Å². The number of amides is 1. The number of anilines is 1. The van der Waals surface area contributed by atoms with Crippen molar-refractivity contribution in [2.24, 2.45) is 0 Å². The van der Waals surface area contributed by atoms with Crippen LogP contribution in [0.5, 0.6) is 11.6 Å². The van der Waals surface area contributed by atoms with E-state index in [0.29, 0.717) is 68.1 Å². The molecule has 4 aromatic rings. The smallest absolute Gasteiger partial charge is 0.419 e. The molecule has 2 fully saturated rings. The number of carbonyl (C=O) groups is 2. The SMILES string of the molecule is COc1cc(-c2nccc(-c3cccc4c3CCC[C@H]4Nc3nc(OC)c(CNC4(C(=O)O)CC4)cc3C(F)(F)F)c2Cl)ccc1CNC[C@@H]1CCC(=O)N1. The van der Waals surface area contributed by atoms with Crippen LogP contribution in [0, 0.1) is 0 Å². The monoisotopic (exact) mass is 778 g/mol. The van der Waals surface area contributed by atoms with Crippen molar-refractivity contribution in [3.05, 3.63) is 87.6 Å². The summed E-state index contributed by atoms with van der Waals surface area (Å²) in [7, 11) is 2.93. The highest BCUT2D eigenvalue weighted by molar-refractivity contribution is 6.35. The summed E-state index contributed by atoms with van der Waals surface area (Å²) in [6, 6.07) is 14.0. The molecule has 0 bridgehead atoms. The van der Waals surface area contributed by atoms with Gasteiger partial charge in [-0.25, -0.2) is 0 Å². The minimum absolute atomic E-state index is 0.0231. The van der Waals surface area contributed by atoms with Crippen molar-refractivity contribution in [3.8, 4) is 34.0 Å². The van der Waals surface area contributed by atoms with Gasteiger partial charge in [-0.15, -0.1) is 0 Å². The van der Waals surface area contributed by atoms with Gasteiger partial charge in [-0.3, -0.25) is 19.9 Å². The molecule has 11 nitrogen and oxygen atoms in total. The highest BCUT2D eigenvalue weighted by Crippen LogP contribution is 2.44. The van der Waals surface area contributed by atoms with E-state index in [1.807, 2.05) is 42.5 Å². The first kappa shape index (κ1) is 38.4. The van der Waals surface area contributed by atoms with Crippen molar-refractivity contribution in [1.29, 1.82) is 0 Å². The number of halogens is 4. The van der Waals surface area contributed by atoms with E-state index in [1.54, 1.807) is 13.3 Å². The molecule has 0 spiro atoms. The zero-order valence-electron chi connectivity index (χ0n) is 30.4. The Morgan fingerprint density at radius 3 is 2.55 bits per heavy atom. The Bertz CT molecular complexity index is 2110. The molecule has 1 saturated heterocycles. The number of nitrogens with zero attached hydrogens (tertiary/aromatic N) is 2. The zero-order chi connectivity index (χ0) is 38.9. The number of ether oxygens (including phenoxy) is 2.